The maximum atomic E-state index is 12.7. The number of hydrogen-bond acceptors (Lipinski definition) is 4. The van der Waals surface area contributed by atoms with Crippen molar-refractivity contribution < 1.29 is 19.1 Å². The van der Waals surface area contributed by atoms with E-state index < -0.39 is 0 Å². The first-order valence-electron chi connectivity index (χ1n) is 9.64. The highest BCUT2D eigenvalue weighted by Crippen LogP contribution is 2.29. The molecule has 0 atom stereocenters. The van der Waals surface area contributed by atoms with Gasteiger partial charge in [-0.1, -0.05) is 25.5 Å². The van der Waals surface area contributed by atoms with Crippen molar-refractivity contribution in [1.82, 2.24) is 5.32 Å². The van der Waals surface area contributed by atoms with Crippen molar-refractivity contribution in [3.63, 3.8) is 0 Å². The van der Waals surface area contributed by atoms with Gasteiger partial charge in [0, 0.05) is 11.6 Å². The van der Waals surface area contributed by atoms with Gasteiger partial charge in [-0.25, -0.2) is 0 Å². The van der Waals surface area contributed by atoms with Crippen LogP contribution in [0.1, 0.15) is 53.3 Å². The number of nitrogens with one attached hydrogen (secondary N) is 2. The molecule has 0 radical (unpaired) electrons. The number of methoxy groups -OCH3 is 1. The summed E-state index contributed by atoms with van der Waals surface area (Å²) < 4.78 is 11.1. The summed E-state index contributed by atoms with van der Waals surface area (Å²) in [6, 6.07) is 12.3. The lowest BCUT2D eigenvalue weighted by Crippen LogP contribution is -2.27. The van der Waals surface area contributed by atoms with Crippen LogP contribution in [-0.2, 0) is 0 Å². The van der Waals surface area contributed by atoms with E-state index in [2.05, 4.69) is 17.6 Å². The van der Waals surface area contributed by atoms with E-state index in [1.54, 1.807) is 49.6 Å². The Morgan fingerprint density at radius 2 is 1.86 bits per heavy atom. The van der Waals surface area contributed by atoms with Gasteiger partial charge in [0.05, 0.1) is 25.0 Å². The van der Waals surface area contributed by atoms with Gasteiger partial charge in [0.2, 0.25) is 0 Å². The van der Waals surface area contributed by atoms with E-state index in [1.807, 2.05) is 0 Å². The number of rotatable bonds is 9. The first-order valence-corrected chi connectivity index (χ1v) is 9.64. The van der Waals surface area contributed by atoms with E-state index >= 15 is 0 Å². The normalized spacial score (nSPS) is 12.9. The quantitative estimate of drug-likeness (QED) is 0.642. The third-order valence-electron chi connectivity index (χ3n) is 4.51. The fraction of sp³-hybridized carbons (Fsp3) is 0.364. The molecule has 2 N–H and O–H groups in total. The van der Waals surface area contributed by atoms with Crippen LogP contribution in [0.2, 0.25) is 0 Å². The van der Waals surface area contributed by atoms with E-state index in [0.29, 0.717) is 34.9 Å². The summed E-state index contributed by atoms with van der Waals surface area (Å²) in [5, 5.41) is 5.78. The lowest BCUT2D eigenvalue weighted by Gasteiger charge is -2.13. The Morgan fingerprint density at radius 3 is 2.57 bits per heavy atom. The zero-order valence-corrected chi connectivity index (χ0v) is 16.3. The zero-order chi connectivity index (χ0) is 19.9. The van der Waals surface area contributed by atoms with E-state index in [-0.39, 0.29) is 17.9 Å². The molecule has 6 nitrogen and oxygen atoms in total. The summed E-state index contributed by atoms with van der Waals surface area (Å²) in [6.45, 7) is 2.69. The van der Waals surface area contributed by atoms with Gasteiger partial charge in [-0.15, -0.1) is 0 Å². The summed E-state index contributed by atoms with van der Waals surface area (Å²) in [7, 11) is 1.54. The molecule has 3 rings (SSSR count). The molecule has 1 aliphatic rings. The van der Waals surface area contributed by atoms with Crippen LogP contribution in [-0.4, -0.2) is 31.6 Å². The van der Waals surface area contributed by atoms with Gasteiger partial charge >= 0.3 is 0 Å². The number of carbonyl (C=O) groups is 2. The molecule has 0 unspecified atom stereocenters. The monoisotopic (exact) mass is 382 g/mol. The van der Waals surface area contributed by atoms with Gasteiger partial charge in [0.15, 0.2) is 11.5 Å². The molecule has 148 valence electrons. The Hall–Kier alpha value is -3.02. The lowest BCUT2D eigenvalue weighted by atomic mass is 10.1. The van der Waals surface area contributed by atoms with E-state index in [0.717, 1.165) is 25.7 Å². The van der Waals surface area contributed by atoms with E-state index in [1.165, 1.54) is 0 Å². The van der Waals surface area contributed by atoms with E-state index in [9.17, 15) is 9.59 Å². The summed E-state index contributed by atoms with van der Waals surface area (Å²) in [6.07, 6.45) is 4.00. The lowest BCUT2D eigenvalue weighted by molar-refractivity contribution is 0.0952. The molecular weight excluding hydrogens is 356 g/mol. The fourth-order valence-electron chi connectivity index (χ4n) is 2.73. The minimum Gasteiger partial charge on any atom is -0.493 e. The molecule has 1 saturated carbocycles. The van der Waals surface area contributed by atoms with Crippen LogP contribution >= 0.6 is 0 Å². The zero-order valence-electron chi connectivity index (χ0n) is 16.3. The molecule has 0 aliphatic heterocycles. The summed E-state index contributed by atoms with van der Waals surface area (Å²) in [4.78, 5) is 25.1. The smallest absolute Gasteiger partial charge is 0.255 e. The van der Waals surface area contributed by atoms with Crippen molar-refractivity contribution in [3.8, 4) is 11.5 Å². The Kier molecular flexibility index (Phi) is 6.53. The number of unbranched alkanes of at least 4 members (excludes halogenated alkanes) is 1. The Bertz CT molecular complexity index is 846. The number of carbonyl (C=O) groups excluding carboxylic acids is 2. The average molecular weight is 382 g/mol. The Morgan fingerprint density at radius 1 is 1.07 bits per heavy atom. The van der Waals surface area contributed by atoms with Gasteiger partial charge < -0.3 is 20.1 Å². The predicted octanol–water partition coefficient (Wildman–Crippen LogP) is 4.02. The Balaban J connectivity index is 1.73. The van der Waals surface area contributed by atoms with Crippen LogP contribution < -0.4 is 20.1 Å². The number of ether oxygens (including phenoxy) is 2. The first-order chi connectivity index (χ1) is 13.6. The largest absolute Gasteiger partial charge is 0.493 e. The molecule has 2 amide bonds. The fourth-order valence-corrected chi connectivity index (χ4v) is 2.73. The van der Waals surface area contributed by atoms with Crippen LogP contribution in [0.4, 0.5) is 5.69 Å². The molecule has 0 spiro atoms. The van der Waals surface area contributed by atoms with Crippen molar-refractivity contribution in [2.24, 2.45) is 0 Å². The summed E-state index contributed by atoms with van der Waals surface area (Å²) in [5.41, 5.74) is 1.36. The predicted molar refractivity (Wildman–Crippen MR) is 108 cm³/mol. The van der Waals surface area contributed by atoms with Crippen LogP contribution in [0.15, 0.2) is 42.5 Å². The third kappa shape index (κ3) is 5.03. The summed E-state index contributed by atoms with van der Waals surface area (Å²) >= 11 is 0. The molecule has 0 bridgehead atoms. The van der Waals surface area contributed by atoms with Crippen molar-refractivity contribution in [3.05, 3.63) is 53.6 Å². The maximum Gasteiger partial charge on any atom is 0.255 e. The number of benzene rings is 2. The highest BCUT2D eigenvalue weighted by Gasteiger charge is 2.25. The molecular formula is C22H26N2O4. The van der Waals surface area contributed by atoms with Gasteiger partial charge in [-0.05, 0) is 49.6 Å². The Labute approximate surface area is 165 Å². The first kappa shape index (κ1) is 19.7. The van der Waals surface area contributed by atoms with Crippen LogP contribution in [0.25, 0.3) is 0 Å². The van der Waals surface area contributed by atoms with Crippen LogP contribution in [0.3, 0.4) is 0 Å². The molecule has 0 aromatic heterocycles. The number of anilines is 1. The SMILES string of the molecule is CCCCOc1ccc(C(=O)Nc2ccccc2C(=O)NC2CC2)cc1OC. The average Bonchev–Trinajstić information content (AvgIpc) is 3.52. The van der Waals surface area contributed by atoms with Crippen molar-refractivity contribution >= 4 is 17.5 Å². The third-order valence-corrected chi connectivity index (χ3v) is 4.51. The second kappa shape index (κ2) is 9.26. The number of amides is 2. The molecule has 1 aliphatic carbocycles. The van der Waals surface area contributed by atoms with Gasteiger partial charge in [0.25, 0.3) is 11.8 Å². The van der Waals surface area contributed by atoms with Crippen LogP contribution in [0, 0.1) is 0 Å². The molecule has 2 aromatic rings. The molecule has 0 heterocycles. The molecule has 0 saturated heterocycles. The van der Waals surface area contributed by atoms with Crippen molar-refractivity contribution in [2.75, 3.05) is 19.0 Å². The highest BCUT2D eigenvalue weighted by atomic mass is 16.5. The minimum atomic E-state index is -0.315. The second-order valence-electron chi connectivity index (χ2n) is 6.82. The molecule has 2 aromatic carbocycles. The summed E-state index contributed by atoms with van der Waals surface area (Å²) in [5.74, 6) is 0.626. The second-order valence-corrected chi connectivity index (χ2v) is 6.82. The van der Waals surface area contributed by atoms with Crippen molar-refractivity contribution in [1.29, 1.82) is 0 Å². The van der Waals surface area contributed by atoms with Gasteiger partial charge in [0.1, 0.15) is 0 Å². The van der Waals surface area contributed by atoms with Gasteiger partial charge in [-0.2, -0.15) is 0 Å². The van der Waals surface area contributed by atoms with Crippen LogP contribution in [0.5, 0.6) is 11.5 Å². The highest BCUT2D eigenvalue weighted by molar-refractivity contribution is 6.09. The number of para-hydroxylation sites is 1. The molecule has 6 heteroatoms. The maximum absolute atomic E-state index is 12.7. The van der Waals surface area contributed by atoms with E-state index in [4.69, 9.17) is 9.47 Å². The van der Waals surface area contributed by atoms with Gasteiger partial charge in [-0.3, -0.25) is 9.59 Å². The minimum absolute atomic E-state index is 0.171. The standard InChI is InChI=1S/C22H26N2O4/c1-3-4-13-28-19-12-9-15(14-20(19)27-2)21(25)24-18-8-6-5-7-17(18)22(26)23-16-10-11-16/h5-9,12,14,16H,3-4,10-11,13H2,1-2H3,(H,23,26)(H,24,25). The number of hydrogen-bond donors (Lipinski definition) is 2. The molecule has 28 heavy (non-hydrogen) atoms. The topological polar surface area (TPSA) is 76.7 Å². The van der Waals surface area contributed by atoms with Crippen molar-refractivity contribution in [2.45, 2.75) is 38.6 Å². The molecule has 1 fully saturated rings.